The van der Waals surface area contributed by atoms with Crippen LogP contribution in [0.1, 0.15) is 24.5 Å². The molecule has 110 valence electrons. The van der Waals surface area contributed by atoms with Gasteiger partial charge in [0.2, 0.25) is 0 Å². The molecule has 1 aromatic carbocycles. The maximum Gasteiger partial charge on any atom is 0.124 e. The molecule has 0 saturated heterocycles. The van der Waals surface area contributed by atoms with Crippen molar-refractivity contribution in [2.24, 2.45) is 0 Å². The summed E-state index contributed by atoms with van der Waals surface area (Å²) in [6, 6.07) is 5.34. The maximum atomic E-state index is 13.6. The lowest BCUT2D eigenvalue weighted by Gasteiger charge is -2.24. The lowest BCUT2D eigenvalue weighted by atomic mass is 10.1. The summed E-state index contributed by atoms with van der Waals surface area (Å²) in [7, 11) is 2.04. The van der Waals surface area contributed by atoms with Crippen molar-refractivity contribution in [3.63, 3.8) is 0 Å². The molecule has 0 heterocycles. The molecule has 0 amide bonds. The van der Waals surface area contributed by atoms with Gasteiger partial charge in [-0.1, -0.05) is 11.8 Å². The van der Waals surface area contributed by atoms with Crippen LogP contribution in [0.5, 0.6) is 0 Å². The van der Waals surface area contributed by atoms with Crippen LogP contribution in [-0.4, -0.2) is 41.7 Å². The molecule has 0 saturated carbocycles. The Kier molecular flexibility index (Phi) is 7.68. The molecule has 1 rings (SSSR count). The fourth-order valence-corrected chi connectivity index (χ4v) is 2.58. The zero-order valence-electron chi connectivity index (χ0n) is 12.3. The Morgan fingerprint density at radius 2 is 2.15 bits per heavy atom. The Morgan fingerprint density at radius 3 is 2.80 bits per heavy atom. The maximum absolute atomic E-state index is 13.6. The first-order valence-electron chi connectivity index (χ1n) is 6.65. The third-order valence-corrected chi connectivity index (χ3v) is 3.84. The second-order valence-corrected chi connectivity index (χ2v) is 5.75. The largest absolute Gasteiger partial charge is 0.395 e. The zero-order valence-corrected chi connectivity index (χ0v) is 13.1. The molecule has 0 aromatic heterocycles. The molecule has 0 aliphatic rings. The van der Waals surface area contributed by atoms with E-state index in [9.17, 15) is 4.39 Å². The smallest absolute Gasteiger partial charge is 0.124 e. The van der Waals surface area contributed by atoms with Gasteiger partial charge in [0.1, 0.15) is 5.82 Å². The normalized spacial score (nSPS) is 12.1. The summed E-state index contributed by atoms with van der Waals surface area (Å²) >= 11 is 1.81. The van der Waals surface area contributed by atoms with E-state index in [1.54, 1.807) is 17.8 Å². The van der Waals surface area contributed by atoms with Crippen molar-refractivity contribution in [2.75, 3.05) is 25.7 Å². The van der Waals surface area contributed by atoms with Gasteiger partial charge in [-0.2, -0.15) is 11.8 Å². The van der Waals surface area contributed by atoms with Gasteiger partial charge < -0.3 is 5.11 Å². The second-order valence-electron chi connectivity index (χ2n) is 4.84. The topological polar surface area (TPSA) is 23.5 Å². The minimum absolute atomic E-state index is 0.0319. The molecule has 0 radical (unpaired) electrons. The zero-order chi connectivity index (χ0) is 15.0. The third-order valence-electron chi connectivity index (χ3n) is 3.02. The molecule has 4 heteroatoms. The van der Waals surface area contributed by atoms with E-state index >= 15 is 0 Å². The van der Waals surface area contributed by atoms with Crippen LogP contribution in [-0.2, 0) is 6.54 Å². The van der Waals surface area contributed by atoms with Gasteiger partial charge in [0, 0.05) is 30.3 Å². The van der Waals surface area contributed by atoms with E-state index < -0.39 is 0 Å². The average molecular weight is 295 g/mol. The molecule has 0 bridgehead atoms. The number of hydrogen-bond donors (Lipinski definition) is 1. The second kappa shape index (κ2) is 9.02. The van der Waals surface area contributed by atoms with Crippen LogP contribution in [0.3, 0.4) is 0 Å². The fourth-order valence-electron chi connectivity index (χ4n) is 1.85. The summed E-state index contributed by atoms with van der Waals surface area (Å²) in [5, 5.41) is 8.70. The van der Waals surface area contributed by atoms with Gasteiger partial charge in [0.15, 0.2) is 0 Å². The highest BCUT2D eigenvalue weighted by atomic mass is 32.2. The summed E-state index contributed by atoms with van der Waals surface area (Å²) in [5.41, 5.74) is 1.59. The van der Waals surface area contributed by atoms with Crippen molar-refractivity contribution in [2.45, 2.75) is 25.9 Å². The highest BCUT2D eigenvalue weighted by Crippen LogP contribution is 2.13. The SMILES string of the molecule is CSCC(C)N(C)Cc1cc(F)cc(C#CCCO)c1. The number of hydrogen-bond acceptors (Lipinski definition) is 3. The van der Waals surface area contributed by atoms with E-state index in [1.807, 2.05) is 13.1 Å². The summed E-state index contributed by atoms with van der Waals surface area (Å²) in [5.74, 6) is 6.49. The third kappa shape index (κ3) is 5.96. The first-order chi connectivity index (χ1) is 9.56. The number of halogens is 1. The number of benzene rings is 1. The lowest BCUT2D eigenvalue weighted by Crippen LogP contribution is -2.30. The average Bonchev–Trinajstić information content (AvgIpc) is 2.38. The number of rotatable bonds is 6. The predicted molar refractivity (Wildman–Crippen MR) is 84.3 cm³/mol. The highest BCUT2D eigenvalue weighted by molar-refractivity contribution is 7.98. The van der Waals surface area contributed by atoms with Crippen LogP contribution in [0.15, 0.2) is 18.2 Å². The molecular formula is C16H22FNOS. The first kappa shape index (κ1) is 17.0. The van der Waals surface area contributed by atoms with Gasteiger partial charge in [-0.3, -0.25) is 4.90 Å². The van der Waals surface area contributed by atoms with Gasteiger partial charge in [0.05, 0.1) is 6.61 Å². The van der Waals surface area contributed by atoms with Crippen LogP contribution in [0.25, 0.3) is 0 Å². The molecule has 0 spiro atoms. The van der Waals surface area contributed by atoms with Gasteiger partial charge in [0.25, 0.3) is 0 Å². The van der Waals surface area contributed by atoms with Gasteiger partial charge in [-0.15, -0.1) is 0 Å². The lowest BCUT2D eigenvalue weighted by molar-refractivity contribution is 0.269. The van der Waals surface area contributed by atoms with E-state index in [2.05, 4.69) is 29.9 Å². The van der Waals surface area contributed by atoms with E-state index in [-0.39, 0.29) is 12.4 Å². The van der Waals surface area contributed by atoms with Gasteiger partial charge >= 0.3 is 0 Å². The summed E-state index contributed by atoms with van der Waals surface area (Å²) in [6.07, 6.45) is 2.50. The van der Waals surface area contributed by atoms with Crippen LogP contribution >= 0.6 is 11.8 Å². The van der Waals surface area contributed by atoms with Crippen LogP contribution in [0.4, 0.5) is 4.39 Å². The highest BCUT2D eigenvalue weighted by Gasteiger charge is 2.10. The summed E-state index contributed by atoms with van der Waals surface area (Å²) in [4.78, 5) is 2.20. The van der Waals surface area contributed by atoms with Crippen LogP contribution < -0.4 is 0 Å². The van der Waals surface area contributed by atoms with Gasteiger partial charge in [-0.05, 0) is 44.0 Å². The number of aliphatic hydroxyl groups excluding tert-OH is 1. The molecule has 2 nitrogen and oxygen atoms in total. The Balaban J connectivity index is 2.78. The van der Waals surface area contributed by atoms with Crippen molar-refractivity contribution in [1.82, 2.24) is 4.90 Å². The van der Waals surface area contributed by atoms with E-state index in [0.717, 1.165) is 11.3 Å². The van der Waals surface area contributed by atoms with Crippen molar-refractivity contribution < 1.29 is 9.50 Å². The van der Waals surface area contributed by atoms with Crippen molar-refractivity contribution in [1.29, 1.82) is 0 Å². The summed E-state index contributed by atoms with van der Waals surface area (Å²) < 4.78 is 13.6. The van der Waals surface area contributed by atoms with E-state index in [1.165, 1.54) is 6.07 Å². The van der Waals surface area contributed by atoms with E-state index in [4.69, 9.17) is 5.11 Å². The van der Waals surface area contributed by atoms with Crippen molar-refractivity contribution >= 4 is 11.8 Å². The molecule has 1 unspecified atom stereocenters. The quantitative estimate of drug-likeness (QED) is 0.816. The molecule has 0 aliphatic carbocycles. The van der Waals surface area contributed by atoms with Crippen molar-refractivity contribution in [3.05, 3.63) is 35.1 Å². The standard InChI is InChI=1S/C16H22FNOS/c1-13(12-20-3)18(2)11-15-8-14(6-4-5-7-19)9-16(17)10-15/h8-10,13,19H,5,7,11-12H2,1-3H3. The summed E-state index contributed by atoms with van der Waals surface area (Å²) in [6.45, 7) is 2.90. The molecule has 0 fully saturated rings. The Labute approximate surface area is 125 Å². The molecular weight excluding hydrogens is 273 g/mol. The van der Waals surface area contributed by atoms with Gasteiger partial charge in [-0.25, -0.2) is 4.39 Å². The molecule has 20 heavy (non-hydrogen) atoms. The number of aliphatic hydroxyl groups is 1. The Morgan fingerprint density at radius 1 is 1.40 bits per heavy atom. The van der Waals surface area contributed by atoms with Crippen molar-refractivity contribution in [3.8, 4) is 11.8 Å². The Bertz CT molecular complexity index is 481. The monoisotopic (exact) mass is 295 g/mol. The van der Waals surface area contributed by atoms with Crippen LogP contribution in [0.2, 0.25) is 0 Å². The minimum atomic E-state index is -0.262. The molecule has 1 N–H and O–H groups in total. The van der Waals surface area contributed by atoms with E-state index in [0.29, 0.717) is 24.6 Å². The minimum Gasteiger partial charge on any atom is -0.395 e. The van der Waals surface area contributed by atoms with Crippen LogP contribution in [0, 0.1) is 17.7 Å². The molecule has 1 aromatic rings. The first-order valence-corrected chi connectivity index (χ1v) is 8.04. The fraction of sp³-hybridized carbons (Fsp3) is 0.500. The number of thioether (sulfide) groups is 1. The Hall–Kier alpha value is -1.02. The predicted octanol–water partition coefficient (Wildman–Crippen LogP) is 2.74. The number of nitrogens with zero attached hydrogens (tertiary/aromatic N) is 1. The molecule has 1 atom stereocenters. The molecule has 0 aliphatic heterocycles.